The molecule has 0 saturated heterocycles. The van der Waals surface area contributed by atoms with Crippen molar-refractivity contribution in [3.8, 4) is 0 Å². The van der Waals surface area contributed by atoms with Crippen LogP contribution in [0.25, 0.3) is 11.0 Å². The van der Waals surface area contributed by atoms with Crippen LogP contribution in [-0.4, -0.2) is 41.1 Å². The van der Waals surface area contributed by atoms with Crippen LogP contribution in [0.1, 0.15) is 6.42 Å². The number of carbonyl (C=O) groups is 2. The van der Waals surface area contributed by atoms with Gasteiger partial charge in [0, 0.05) is 20.0 Å². The Morgan fingerprint density at radius 1 is 1.30 bits per heavy atom. The number of aromatic amines is 1. The van der Waals surface area contributed by atoms with Crippen LogP contribution in [-0.2, 0) is 9.59 Å². The fourth-order valence-electron chi connectivity index (χ4n) is 1.62. The molecule has 0 atom stereocenters. The standard InChI is InChI=1S/C13H16N4O2S/c1-14-11(18)6-7-15-12(19)8-20-13-16-9-4-2-3-5-10(9)17-13/h2-5H,6-8H2,1H3,(H,14,18)(H,15,19)(H,16,17). The molecule has 2 amide bonds. The molecule has 0 spiro atoms. The lowest BCUT2D eigenvalue weighted by Gasteiger charge is -2.03. The molecular weight excluding hydrogens is 276 g/mol. The van der Waals surface area contributed by atoms with Crippen molar-refractivity contribution < 1.29 is 9.59 Å². The van der Waals surface area contributed by atoms with Gasteiger partial charge in [0.15, 0.2) is 5.16 Å². The number of aromatic nitrogens is 2. The predicted octanol–water partition coefficient (Wildman–Crippen LogP) is 0.907. The average Bonchev–Trinajstić information content (AvgIpc) is 2.87. The summed E-state index contributed by atoms with van der Waals surface area (Å²) in [5, 5.41) is 5.91. The van der Waals surface area contributed by atoms with Crippen LogP contribution in [0.15, 0.2) is 29.4 Å². The van der Waals surface area contributed by atoms with Gasteiger partial charge in [-0.2, -0.15) is 0 Å². The topological polar surface area (TPSA) is 86.9 Å². The monoisotopic (exact) mass is 292 g/mol. The van der Waals surface area contributed by atoms with Crippen LogP contribution in [0.5, 0.6) is 0 Å². The fourth-order valence-corrected chi connectivity index (χ4v) is 2.34. The Hall–Kier alpha value is -2.02. The maximum absolute atomic E-state index is 11.6. The second-order valence-corrected chi connectivity index (χ2v) is 5.08. The van der Waals surface area contributed by atoms with E-state index in [4.69, 9.17) is 0 Å². The Balaban J connectivity index is 1.77. The molecule has 0 unspecified atom stereocenters. The van der Waals surface area contributed by atoms with Gasteiger partial charge >= 0.3 is 0 Å². The normalized spacial score (nSPS) is 10.4. The number of para-hydroxylation sites is 2. The molecule has 20 heavy (non-hydrogen) atoms. The van der Waals surface area contributed by atoms with Crippen molar-refractivity contribution in [3.05, 3.63) is 24.3 Å². The number of hydrogen-bond acceptors (Lipinski definition) is 4. The minimum atomic E-state index is -0.112. The van der Waals surface area contributed by atoms with Gasteiger partial charge in [0.1, 0.15) is 0 Å². The Labute approximate surface area is 120 Å². The van der Waals surface area contributed by atoms with Crippen LogP contribution in [0, 0.1) is 0 Å². The van der Waals surface area contributed by atoms with E-state index in [1.807, 2.05) is 24.3 Å². The molecule has 0 aliphatic carbocycles. The first kappa shape index (κ1) is 14.4. The third kappa shape index (κ3) is 3.99. The molecule has 0 aliphatic rings. The summed E-state index contributed by atoms with van der Waals surface area (Å²) >= 11 is 1.34. The zero-order valence-corrected chi connectivity index (χ0v) is 11.9. The highest BCUT2D eigenvalue weighted by Gasteiger charge is 2.07. The predicted molar refractivity (Wildman–Crippen MR) is 78.5 cm³/mol. The number of thioether (sulfide) groups is 1. The highest BCUT2D eigenvalue weighted by atomic mass is 32.2. The SMILES string of the molecule is CNC(=O)CCNC(=O)CSc1nc2ccccc2[nH]1. The van der Waals surface area contributed by atoms with Gasteiger partial charge in [-0.1, -0.05) is 23.9 Å². The third-order valence-corrected chi connectivity index (χ3v) is 3.53. The molecule has 2 aromatic rings. The lowest BCUT2D eigenvalue weighted by molar-refractivity contribution is -0.121. The van der Waals surface area contributed by atoms with E-state index in [1.54, 1.807) is 7.05 Å². The number of hydrogen-bond donors (Lipinski definition) is 3. The molecule has 2 rings (SSSR count). The summed E-state index contributed by atoms with van der Waals surface area (Å²) in [6, 6.07) is 7.71. The van der Waals surface area contributed by atoms with Crippen LogP contribution in [0.4, 0.5) is 0 Å². The molecule has 1 aromatic carbocycles. The molecule has 3 N–H and O–H groups in total. The highest BCUT2D eigenvalue weighted by molar-refractivity contribution is 7.99. The number of amides is 2. The molecular formula is C13H16N4O2S. The van der Waals surface area contributed by atoms with Crippen molar-refractivity contribution in [1.29, 1.82) is 0 Å². The van der Waals surface area contributed by atoms with E-state index in [2.05, 4.69) is 20.6 Å². The number of nitrogens with zero attached hydrogens (tertiary/aromatic N) is 1. The summed E-state index contributed by atoms with van der Waals surface area (Å²) in [6.45, 7) is 0.346. The van der Waals surface area contributed by atoms with E-state index in [-0.39, 0.29) is 24.0 Å². The zero-order valence-electron chi connectivity index (χ0n) is 11.1. The van der Waals surface area contributed by atoms with E-state index in [0.29, 0.717) is 11.7 Å². The van der Waals surface area contributed by atoms with Gasteiger partial charge in [-0.15, -0.1) is 0 Å². The number of nitrogens with one attached hydrogen (secondary N) is 3. The van der Waals surface area contributed by atoms with Gasteiger partial charge in [0.2, 0.25) is 11.8 Å². The lowest BCUT2D eigenvalue weighted by atomic mass is 10.3. The largest absolute Gasteiger partial charge is 0.359 e. The number of rotatable bonds is 6. The van der Waals surface area contributed by atoms with Crippen molar-refractivity contribution in [1.82, 2.24) is 20.6 Å². The van der Waals surface area contributed by atoms with Crippen molar-refractivity contribution in [2.45, 2.75) is 11.6 Å². The molecule has 0 radical (unpaired) electrons. The first-order valence-corrected chi connectivity index (χ1v) is 7.22. The first-order valence-electron chi connectivity index (χ1n) is 6.24. The number of carbonyl (C=O) groups excluding carboxylic acids is 2. The summed E-state index contributed by atoms with van der Waals surface area (Å²) in [4.78, 5) is 30.1. The van der Waals surface area contributed by atoms with E-state index in [1.165, 1.54) is 11.8 Å². The van der Waals surface area contributed by atoms with Crippen LogP contribution in [0.2, 0.25) is 0 Å². The van der Waals surface area contributed by atoms with Crippen LogP contribution >= 0.6 is 11.8 Å². The van der Waals surface area contributed by atoms with Gasteiger partial charge in [-0.05, 0) is 12.1 Å². The van der Waals surface area contributed by atoms with Gasteiger partial charge in [0.25, 0.3) is 0 Å². The smallest absolute Gasteiger partial charge is 0.230 e. The summed E-state index contributed by atoms with van der Waals surface area (Å²) in [5.74, 6) is 0.0719. The van der Waals surface area contributed by atoms with Crippen molar-refractivity contribution in [2.75, 3.05) is 19.3 Å². The summed E-state index contributed by atoms with van der Waals surface area (Å²) in [5.41, 5.74) is 1.84. The Bertz CT molecular complexity index is 578. The number of imidazole rings is 1. The third-order valence-electron chi connectivity index (χ3n) is 2.66. The second-order valence-electron chi connectivity index (χ2n) is 4.12. The maximum atomic E-state index is 11.6. The molecule has 0 saturated carbocycles. The molecule has 1 aromatic heterocycles. The lowest BCUT2D eigenvalue weighted by Crippen LogP contribution is -2.30. The molecule has 1 heterocycles. The molecule has 106 valence electrons. The number of fused-ring (bicyclic) bond motifs is 1. The zero-order chi connectivity index (χ0) is 14.4. The minimum absolute atomic E-state index is 0.0877. The quantitative estimate of drug-likeness (QED) is 0.691. The van der Waals surface area contributed by atoms with Gasteiger partial charge in [-0.25, -0.2) is 4.98 Å². The Morgan fingerprint density at radius 3 is 2.85 bits per heavy atom. The van der Waals surface area contributed by atoms with E-state index in [9.17, 15) is 9.59 Å². The highest BCUT2D eigenvalue weighted by Crippen LogP contribution is 2.18. The molecule has 0 fully saturated rings. The van der Waals surface area contributed by atoms with Crippen molar-refractivity contribution in [2.24, 2.45) is 0 Å². The minimum Gasteiger partial charge on any atom is -0.359 e. The Kier molecular flexibility index (Phi) is 5.00. The van der Waals surface area contributed by atoms with Gasteiger partial charge in [0.05, 0.1) is 16.8 Å². The van der Waals surface area contributed by atoms with E-state index in [0.717, 1.165) is 11.0 Å². The van der Waals surface area contributed by atoms with E-state index >= 15 is 0 Å². The maximum Gasteiger partial charge on any atom is 0.230 e. The molecule has 0 aliphatic heterocycles. The van der Waals surface area contributed by atoms with Gasteiger partial charge in [-0.3, -0.25) is 9.59 Å². The fraction of sp³-hybridized carbons (Fsp3) is 0.308. The van der Waals surface area contributed by atoms with Crippen molar-refractivity contribution in [3.63, 3.8) is 0 Å². The van der Waals surface area contributed by atoms with E-state index < -0.39 is 0 Å². The molecule has 6 nitrogen and oxygen atoms in total. The summed E-state index contributed by atoms with van der Waals surface area (Å²) in [7, 11) is 1.57. The number of H-pyrrole nitrogens is 1. The van der Waals surface area contributed by atoms with Crippen LogP contribution < -0.4 is 10.6 Å². The van der Waals surface area contributed by atoms with Gasteiger partial charge < -0.3 is 15.6 Å². The number of benzene rings is 1. The first-order chi connectivity index (χ1) is 9.69. The van der Waals surface area contributed by atoms with Crippen LogP contribution in [0.3, 0.4) is 0 Å². The Morgan fingerprint density at radius 2 is 2.10 bits per heavy atom. The summed E-state index contributed by atoms with van der Waals surface area (Å²) in [6.07, 6.45) is 0.289. The summed E-state index contributed by atoms with van der Waals surface area (Å²) < 4.78 is 0. The average molecular weight is 292 g/mol. The molecule has 7 heteroatoms. The second kappa shape index (κ2) is 6.95. The van der Waals surface area contributed by atoms with Crippen molar-refractivity contribution >= 4 is 34.6 Å². The molecule has 0 bridgehead atoms.